The molecule has 0 aromatic carbocycles. The third kappa shape index (κ3) is 11.1. The average molecular weight is 581 g/mol. The third-order valence-electron chi connectivity index (χ3n) is 6.88. The third-order valence-corrected chi connectivity index (χ3v) is 7.04. The lowest BCUT2D eigenvalue weighted by molar-refractivity contribution is -0.163. The minimum absolute atomic E-state index is 0.0422. The van der Waals surface area contributed by atoms with Crippen LogP contribution in [0.5, 0.6) is 0 Å². The first-order valence-corrected chi connectivity index (χ1v) is 15.2. The normalized spacial score (nSPS) is 20.6. The molecule has 8 nitrogen and oxygen atoms in total. The molecule has 0 aromatic heterocycles. The van der Waals surface area contributed by atoms with Gasteiger partial charge in [0, 0.05) is 0 Å². The highest BCUT2D eigenvalue weighted by atomic mass is 35.5. The van der Waals surface area contributed by atoms with Gasteiger partial charge in [-0.1, -0.05) is 70.8 Å². The number of terminal acetylenes is 1. The molecule has 2 aliphatic carbocycles. The van der Waals surface area contributed by atoms with Gasteiger partial charge in [-0.2, -0.15) is 0 Å². The number of rotatable bonds is 20. The Morgan fingerprint density at radius 2 is 1.68 bits per heavy atom. The second-order valence-corrected chi connectivity index (χ2v) is 10.7. The molecule has 2 rings (SSSR count). The van der Waals surface area contributed by atoms with Crippen molar-refractivity contribution in [1.82, 2.24) is 0 Å². The summed E-state index contributed by atoms with van der Waals surface area (Å²) < 4.78 is 27.2. The Morgan fingerprint density at radius 1 is 0.975 bits per heavy atom. The molecular weight excluding hydrogens is 536 g/mol. The Bertz CT molecular complexity index is 904. The van der Waals surface area contributed by atoms with E-state index in [1.807, 2.05) is 6.92 Å². The SMILES string of the molecule is C#CC1(C(=O)OCCC)C=C(OCCCCCCCCCC)C=CC1C(OC(=O)OCC1CC1)C(=O)OCCCl. The first-order valence-electron chi connectivity index (χ1n) is 14.7. The summed E-state index contributed by atoms with van der Waals surface area (Å²) in [6, 6.07) is 0. The summed E-state index contributed by atoms with van der Waals surface area (Å²) in [5.74, 6) is 0.484. The standard InChI is InChI=1S/C31H45ClO8/c1-4-7-8-9-10-11-12-13-20-36-25-16-17-26(31(6-3,22-25)29(34)38-19-5-2)27(28(33)37-21-18-32)40-30(35)39-23-24-14-15-24/h3,16-17,22,24,26-27H,4-5,7-15,18-21,23H2,1-2H3. The zero-order valence-electron chi connectivity index (χ0n) is 24.0. The predicted molar refractivity (Wildman–Crippen MR) is 152 cm³/mol. The molecule has 9 heteroatoms. The topological polar surface area (TPSA) is 97.4 Å². The Morgan fingerprint density at radius 3 is 2.30 bits per heavy atom. The van der Waals surface area contributed by atoms with E-state index in [1.165, 1.54) is 44.3 Å². The van der Waals surface area contributed by atoms with Crippen LogP contribution < -0.4 is 0 Å². The molecule has 0 bridgehead atoms. The molecule has 0 N–H and O–H groups in total. The fourth-order valence-electron chi connectivity index (χ4n) is 4.38. The highest BCUT2D eigenvalue weighted by Crippen LogP contribution is 2.41. The van der Waals surface area contributed by atoms with Crippen molar-refractivity contribution >= 4 is 29.7 Å². The van der Waals surface area contributed by atoms with Crippen LogP contribution in [0.3, 0.4) is 0 Å². The Kier molecular flexibility index (Phi) is 15.6. The zero-order valence-corrected chi connectivity index (χ0v) is 24.8. The number of unbranched alkanes of at least 4 members (excludes halogenated alkanes) is 7. The molecule has 224 valence electrons. The van der Waals surface area contributed by atoms with E-state index in [4.69, 9.17) is 41.7 Å². The molecule has 0 heterocycles. The molecule has 0 spiro atoms. The van der Waals surface area contributed by atoms with Crippen LogP contribution in [0.25, 0.3) is 0 Å². The lowest BCUT2D eigenvalue weighted by atomic mass is 9.70. The number of carbonyl (C=O) groups excluding carboxylic acids is 3. The first-order chi connectivity index (χ1) is 19.4. The second-order valence-electron chi connectivity index (χ2n) is 10.3. The van der Waals surface area contributed by atoms with Gasteiger partial charge in [-0.25, -0.2) is 9.59 Å². The molecule has 40 heavy (non-hydrogen) atoms. The van der Waals surface area contributed by atoms with E-state index in [0.717, 1.165) is 32.1 Å². The van der Waals surface area contributed by atoms with Crippen molar-refractivity contribution in [3.05, 3.63) is 24.0 Å². The van der Waals surface area contributed by atoms with E-state index >= 15 is 0 Å². The quantitative estimate of drug-likeness (QED) is 0.0529. The molecule has 1 saturated carbocycles. The van der Waals surface area contributed by atoms with Crippen molar-refractivity contribution < 1.29 is 38.1 Å². The molecule has 0 aliphatic heterocycles. The van der Waals surface area contributed by atoms with Crippen LogP contribution in [0, 0.1) is 29.6 Å². The van der Waals surface area contributed by atoms with Gasteiger partial charge in [0.15, 0.2) is 5.41 Å². The highest BCUT2D eigenvalue weighted by Gasteiger charge is 2.53. The van der Waals surface area contributed by atoms with Crippen LogP contribution in [-0.4, -0.2) is 56.5 Å². The monoisotopic (exact) mass is 580 g/mol. The number of ether oxygens (including phenoxy) is 5. The number of hydrogen-bond donors (Lipinski definition) is 0. The van der Waals surface area contributed by atoms with E-state index in [2.05, 4.69) is 12.8 Å². The Balaban J connectivity index is 2.16. The van der Waals surface area contributed by atoms with Crippen molar-refractivity contribution in [3.63, 3.8) is 0 Å². The molecule has 3 unspecified atom stereocenters. The minimum Gasteiger partial charge on any atom is -0.494 e. The smallest absolute Gasteiger partial charge is 0.494 e. The number of carbonyl (C=O) groups is 3. The van der Waals surface area contributed by atoms with E-state index in [0.29, 0.717) is 24.7 Å². The summed E-state index contributed by atoms with van der Waals surface area (Å²) in [6.07, 6.45) is 19.8. The summed E-state index contributed by atoms with van der Waals surface area (Å²) in [5, 5.41) is 0. The van der Waals surface area contributed by atoms with Gasteiger partial charge in [0.25, 0.3) is 0 Å². The van der Waals surface area contributed by atoms with Gasteiger partial charge in [0.05, 0.1) is 31.6 Å². The van der Waals surface area contributed by atoms with Gasteiger partial charge in [-0.05, 0) is 43.8 Å². The molecule has 0 radical (unpaired) electrons. The van der Waals surface area contributed by atoms with Gasteiger partial charge in [0.2, 0.25) is 6.10 Å². The molecule has 1 fully saturated rings. The number of alkyl halides is 1. The maximum atomic E-state index is 13.4. The molecule has 0 aromatic rings. The Labute approximate surface area is 244 Å². The van der Waals surface area contributed by atoms with Crippen LogP contribution in [0.15, 0.2) is 24.0 Å². The van der Waals surface area contributed by atoms with Crippen molar-refractivity contribution in [3.8, 4) is 12.3 Å². The predicted octanol–water partition coefficient (Wildman–Crippen LogP) is 6.50. The molecule has 0 saturated heterocycles. The summed E-state index contributed by atoms with van der Waals surface area (Å²) >= 11 is 5.70. The van der Waals surface area contributed by atoms with Gasteiger partial charge in [-0.15, -0.1) is 18.0 Å². The summed E-state index contributed by atoms with van der Waals surface area (Å²) in [5.41, 5.74) is -1.78. The lowest BCUT2D eigenvalue weighted by Gasteiger charge is -2.36. The number of allylic oxidation sites excluding steroid dienone is 1. The van der Waals surface area contributed by atoms with Gasteiger partial charge in [-0.3, -0.25) is 4.79 Å². The zero-order chi connectivity index (χ0) is 29.2. The van der Waals surface area contributed by atoms with Crippen LogP contribution in [0.2, 0.25) is 0 Å². The fraction of sp³-hybridized carbons (Fsp3) is 0.710. The first kappa shape index (κ1) is 33.5. The molecule has 2 aliphatic rings. The van der Waals surface area contributed by atoms with E-state index in [-0.39, 0.29) is 25.7 Å². The van der Waals surface area contributed by atoms with Crippen molar-refractivity contribution in [2.75, 3.05) is 32.3 Å². The van der Waals surface area contributed by atoms with Crippen LogP contribution in [-0.2, 0) is 33.3 Å². The lowest BCUT2D eigenvalue weighted by Crippen LogP contribution is -2.48. The summed E-state index contributed by atoms with van der Waals surface area (Å²) in [4.78, 5) is 38.9. The van der Waals surface area contributed by atoms with Crippen molar-refractivity contribution in [2.24, 2.45) is 17.3 Å². The van der Waals surface area contributed by atoms with E-state index in [9.17, 15) is 14.4 Å². The number of halogens is 1. The summed E-state index contributed by atoms with van der Waals surface area (Å²) in [6.45, 7) is 4.72. The molecule has 3 atom stereocenters. The average Bonchev–Trinajstić information content (AvgIpc) is 3.80. The van der Waals surface area contributed by atoms with E-state index < -0.39 is 35.5 Å². The number of esters is 2. The molecule has 0 amide bonds. The number of hydrogen-bond acceptors (Lipinski definition) is 8. The van der Waals surface area contributed by atoms with Crippen molar-refractivity contribution in [1.29, 1.82) is 0 Å². The van der Waals surface area contributed by atoms with Crippen molar-refractivity contribution in [2.45, 2.75) is 90.6 Å². The maximum absolute atomic E-state index is 13.4. The Hall–Kier alpha value is -2.66. The van der Waals surface area contributed by atoms with E-state index in [1.54, 1.807) is 6.08 Å². The van der Waals surface area contributed by atoms with Crippen LogP contribution in [0.1, 0.15) is 84.5 Å². The second kappa shape index (κ2) is 18.6. The minimum atomic E-state index is -1.78. The van der Waals surface area contributed by atoms with Gasteiger partial charge >= 0.3 is 18.1 Å². The molecular formula is C31H45ClO8. The maximum Gasteiger partial charge on any atom is 0.509 e. The van der Waals surface area contributed by atoms with Crippen LogP contribution in [0.4, 0.5) is 4.79 Å². The summed E-state index contributed by atoms with van der Waals surface area (Å²) in [7, 11) is 0. The highest BCUT2D eigenvalue weighted by molar-refractivity contribution is 6.18. The van der Waals surface area contributed by atoms with Gasteiger partial charge in [0.1, 0.15) is 12.4 Å². The fourth-order valence-corrected chi connectivity index (χ4v) is 4.46. The largest absolute Gasteiger partial charge is 0.509 e. The van der Waals surface area contributed by atoms with Gasteiger partial charge < -0.3 is 23.7 Å². The van der Waals surface area contributed by atoms with Crippen LogP contribution >= 0.6 is 11.6 Å².